The van der Waals surface area contributed by atoms with Crippen molar-refractivity contribution in [3.63, 3.8) is 0 Å². The summed E-state index contributed by atoms with van der Waals surface area (Å²) in [4.78, 5) is 5.03. The number of aromatic nitrogens is 1. The molecule has 1 N–H and O–H groups in total. The Labute approximate surface area is 133 Å². The molecule has 0 radical (unpaired) electrons. The van der Waals surface area contributed by atoms with Gasteiger partial charge in [-0.05, 0) is 31.8 Å². The van der Waals surface area contributed by atoms with E-state index >= 15 is 0 Å². The van der Waals surface area contributed by atoms with E-state index in [0.717, 1.165) is 30.6 Å². The third-order valence-electron chi connectivity index (χ3n) is 5.55. The Morgan fingerprint density at radius 1 is 1.27 bits per heavy atom. The van der Waals surface area contributed by atoms with Crippen molar-refractivity contribution in [3.05, 3.63) is 11.8 Å². The highest BCUT2D eigenvalue weighted by Gasteiger charge is 2.52. The lowest BCUT2D eigenvalue weighted by Crippen LogP contribution is -2.72. The Bertz CT molecular complexity index is 506. The molecule has 5 heteroatoms. The molecular formula is C17H28N4O. The average molecular weight is 304 g/mol. The molecule has 3 aliphatic heterocycles. The molecule has 3 fully saturated rings. The molecule has 1 aromatic heterocycles. The van der Waals surface area contributed by atoms with Crippen LogP contribution in [0.5, 0.6) is 0 Å². The van der Waals surface area contributed by atoms with E-state index in [1.54, 1.807) is 0 Å². The fourth-order valence-corrected chi connectivity index (χ4v) is 4.29. The maximum Gasteiger partial charge on any atom is 0.172 e. The summed E-state index contributed by atoms with van der Waals surface area (Å²) in [5, 5.41) is 7.68. The Hall–Kier alpha value is -1.07. The monoisotopic (exact) mass is 304 g/mol. The molecule has 122 valence electrons. The maximum absolute atomic E-state index is 5.42. The van der Waals surface area contributed by atoms with Gasteiger partial charge in [-0.3, -0.25) is 0 Å². The van der Waals surface area contributed by atoms with Crippen LogP contribution in [0.2, 0.25) is 0 Å². The van der Waals surface area contributed by atoms with E-state index in [1.165, 1.54) is 45.6 Å². The van der Waals surface area contributed by atoms with E-state index in [1.807, 2.05) is 0 Å². The summed E-state index contributed by atoms with van der Waals surface area (Å²) >= 11 is 0. The number of piperidine rings is 1. The zero-order valence-corrected chi connectivity index (χ0v) is 13.8. The fraction of sp³-hybridized carbons (Fsp3) is 0.824. The van der Waals surface area contributed by atoms with E-state index in [-0.39, 0.29) is 0 Å². The van der Waals surface area contributed by atoms with Gasteiger partial charge in [-0.15, -0.1) is 0 Å². The predicted octanol–water partition coefficient (Wildman–Crippen LogP) is 1.92. The van der Waals surface area contributed by atoms with Gasteiger partial charge in [0.15, 0.2) is 5.82 Å². The van der Waals surface area contributed by atoms with Crippen molar-refractivity contribution >= 4 is 5.82 Å². The van der Waals surface area contributed by atoms with Gasteiger partial charge < -0.3 is 19.6 Å². The van der Waals surface area contributed by atoms with Gasteiger partial charge >= 0.3 is 0 Å². The van der Waals surface area contributed by atoms with Crippen LogP contribution < -0.4 is 10.2 Å². The van der Waals surface area contributed by atoms with E-state index in [4.69, 9.17) is 4.52 Å². The predicted molar refractivity (Wildman–Crippen MR) is 87.3 cm³/mol. The smallest absolute Gasteiger partial charge is 0.172 e. The van der Waals surface area contributed by atoms with Crippen LogP contribution in [0.15, 0.2) is 10.6 Å². The highest BCUT2D eigenvalue weighted by Crippen LogP contribution is 2.42. The lowest BCUT2D eigenvalue weighted by atomic mass is 9.72. The van der Waals surface area contributed by atoms with Crippen molar-refractivity contribution in [3.8, 4) is 0 Å². The standard InChI is InChI=1S/C17H28N4O/c1-13(2)15-7-16(19-22-15)21-11-17(12-21)9-20(10-17)8-14-3-5-18-6-4-14/h7,13-14,18H,3-6,8-12H2,1-2H3. The van der Waals surface area contributed by atoms with Gasteiger partial charge in [-0.2, -0.15) is 0 Å². The van der Waals surface area contributed by atoms with Gasteiger partial charge in [0.25, 0.3) is 0 Å². The van der Waals surface area contributed by atoms with Gasteiger partial charge in [0.1, 0.15) is 5.76 Å². The molecule has 3 saturated heterocycles. The summed E-state index contributed by atoms with van der Waals surface area (Å²) in [6.45, 7) is 12.9. The molecule has 3 aliphatic rings. The van der Waals surface area contributed by atoms with Gasteiger partial charge in [-0.1, -0.05) is 19.0 Å². The van der Waals surface area contributed by atoms with Crippen LogP contribution >= 0.6 is 0 Å². The number of likely N-dealkylation sites (tertiary alicyclic amines) is 1. The lowest BCUT2D eigenvalue weighted by Gasteiger charge is -2.61. The minimum atomic E-state index is 0.417. The highest BCUT2D eigenvalue weighted by atomic mass is 16.5. The van der Waals surface area contributed by atoms with Crippen LogP contribution in [0.3, 0.4) is 0 Å². The first kappa shape index (κ1) is 14.5. The second-order valence-electron chi connectivity index (χ2n) is 7.96. The molecule has 0 aromatic carbocycles. The third-order valence-corrected chi connectivity index (χ3v) is 5.55. The Balaban J connectivity index is 1.24. The van der Waals surface area contributed by atoms with Crippen molar-refractivity contribution in [1.29, 1.82) is 0 Å². The van der Waals surface area contributed by atoms with Gasteiger partial charge in [0, 0.05) is 50.1 Å². The van der Waals surface area contributed by atoms with Crippen molar-refractivity contribution in [1.82, 2.24) is 15.4 Å². The molecule has 4 heterocycles. The maximum atomic E-state index is 5.42. The van der Waals surface area contributed by atoms with Gasteiger partial charge in [0.05, 0.1) is 0 Å². The van der Waals surface area contributed by atoms with Crippen molar-refractivity contribution < 1.29 is 4.52 Å². The third kappa shape index (κ3) is 2.65. The normalized spacial score (nSPS) is 25.5. The summed E-state index contributed by atoms with van der Waals surface area (Å²) in [6, 6.07) is 2.11. The summed E-state index contributed by atoms with van der Waals surface area (Å²) < 4.78 is 5.42. The molecule has 5 nitrogen and oxygen atoms in total. The summed E-state index contributed by atoms with van der Waals surface area (Å²) in [5.41, 5.74) is 0.545. The zero-order valence-electron chi connectivity index (χ0n) is 13.8. The molecule has 0 amide bonds. The topological polar surface area (TPSA) is 44.5 Å². The molecule has 4 rings (SSSR count). The summed E-state index contributed by atoms with van der Waals surface area (Å²) in [6.07, 6.45) is 2.71. The molecule has 0 atom stereocenters. The minimum Gasteiger partial charge on any atom is -0.359 e. The van der Waals surface area contributed by atoms with E-state index < -0.39 is 0 Å². The van der Waals surface area contributed by atoms with Crippen LogP contribution in [0.1, 0.15) is 38.4 Å². The first-order valence-corrected chi connectivity index (χ1v) is 8.78. The van der Waals surface area contributed by atoms with Crippen LogP contribution in [0, 0.1) is 11.3 Å². The summed E-state index contributed by atoms with van der Waals surface area (Å²) in [7, 11) is 0. The number of rotatable bonds is 4. The first-order chi connectivity index (χ1) is 10.6. The quantitative estimate of drug-likeness (QED) is 0.921. The number of nitrogens with zero attached hydrogens (tertiary/aromatic N) is 3. The second-order valence-corrected chi connectivity index (χ2v) is 7.96. The number of hydrogen-bond acceptors (Lipinski definition) is 5. The molecular weight excluding hydrogens is 276 g/mol. The Morgan fingerprint density at radius 2 is 2.00 bits per heavy atom. The SMILES string of the molecule is CC(C)c1cc(N2CC3(CN(CC4CCNCC4)C3)C2)no1. The number of anilines is 1. The largest absolute Gasteiger partial charge is 0.359 e. The average Bonchev–Trinajstić information content (AvgIpc) is 2.90. The molecule has 1 spiro atoms. The van der Waals surface area contributed by atoms with Crippen LogP contribution in [0.25, 0.3) is 0 Å². The molecule has 1 aromatic rings. The van der Waals surface area contributed by atoms with Crippen molar-refractivity contribution in [2.24, 2.45) is 11.3 Å². The number of nitrogens with one attached hydrogen (secondary N) is 1. The minimum absolute atomic E-state index is 0.417. The van der Waals surface area contributed by atoms with Gasteiger partial charge in [0.2, 0.25) is 0 Å². The highest BCUT2D eigenvalue weighted by molar-refractivity contribution is 5.44. The van der Waals surface area contributed by atoms with Crippen LogP contribution in [-0.2, 0) is 0 Å². The number of hydrogen-bond donors (Lipinski definition) is 1. The lowest BCUT2D eigenvalue weighted by molar-refractivity contribution is -0.0332. The van der Waals surface area contributed by atoms with Crippen molar-refractivity contribution in [2.45, 2.75) is 32.6 Å². The summed E-state index contributed by atoms with van der Waals surface area (Å²) in [5.74, 6) is 3.36. The van der Waals surface area contributed by atoms with Crippen LogP contribution in [-0.4, -0.2) is 55.9 Å². The second kappa shape index (κ2) is 5.53. The molecule has 0 unspecified atom stereocenters. The Kier molecular flexibility index (Phi) is 3.65. The molecule has 0 aliphatic carbocycles. The molecule has 22 heavy (non-hydrogen) atoms. The van der Waals surface area contributed by atoms with Gasteiger partial charge in [-0.25, -0.2) is 0 Å². The van der Waals surface area contributed by atoms with E-state index in [0.29, 0.717) is 11.3 Å². The van der Waals surface area contributed by atoms with Crippen LogP contribution in [0.4, 0.5) is 5.82 Å². The molecule has 0 bridgehead atoms. The Morgan fingerprint density at radius 3 is 2.64 bits per heavy atom. The van der Waals surface area contributed by atoms with E-state index in [2.05, 4.69) is 40.2 Å². The zero-order chi connectivity index (χ0) is 15.2. The molecule has 0 saturated carbocycles. The fourth-order valence-electron chi connectivity index (χ4n) is 4.29. The van der Waals surface area contributed by atoms with Crippen molar-refractivity contribution in [2.75, 3.05) is 50.7 Å². The van der Waals surface area contributed by atoms with E-state index in [9.17, 15) is 0 Å². The first-order valence-electron chi connectivity index (χ1n) is 8.78.